The molecule has 1 saturated carbocycles. The minimum atomic E-state index is -1.19. The molecule has 4 nitrogen and oxygen atoms in total. The average molecular weight is 322 g/mol. The molecule has 0 N–H and O–H groups in total. The fraction of sp³-hybridized carbons (Fsp3) is 0.529. The van der Waals surface area contributed by atoms with E-state index in [0.717, 1.165) is 18.4 Å². The number of rotatable bonds is 5. The van der Waals surface area contributed by atoms with Crippen molar-refractivity contribution in [3.63, 3.8) is 0 Å². The molecule has 0 heterocycles. The molecule has 1 aliphatic carbocycles. The summed E-state index contributed by atoms with van der Waals surface area (Å²) in [7, 11) is -1.19. The van der Waals surface area contributed by atoms with E-state index >= 15 is 0 Å². The van der Waals surface area contributed by atoms with Gasteiger partial charge in [0.25, 0.3) is 5.78 Å². The highest BCUT2D eigenvalue weighted by molar-refractivity contribution is 7.84. The van der Waals surface area contributed by atoms with Gasteiger partial charge in [-0.2, -0.15) is 0 Å². The number of Topliss-reactive ketones (excluding diaryl/α,β-unsaturated/α-hetero) is 1. The van der Waals surface area contributed by atoms with Gasteiger partial charge in [-0.3, -0.25) is 9.00 Å². The molecule has 0 saturated heterocycles. The van der Waals surface area contributed by atoms with Gasteiger partial charge in [0.2, 0.25) is 0 Å². The van der Waals surface area contributed by atoms with Crippen molar-refractivity contribution in [3.8, 4) is 0 Å². The lowest BCUT2D eigenvalue weighted by molar-refractivity contribution is -0.137. The van der Waals surface area contributed by atoms with Crippen molar-refractivity contribution < 1.29 is 18.5 Å². The molecule has 0 radical (unpaired) electrons. The molecule has 1 aromatic carbocycles. The largest absolute Gasteiger partial charge is 0.460 e. The molecular weight excluding hydrogens is 300 g/mol. The summed E-state index contributed by atoms with van der Waals surface area (Å²) in [6.07, 6.45) is 7.42. The summed E-state index contributed by atoms with van der Waals surface area (Å²) in [5.74, 6) is -1.14. The zero-order valence-corrected chi connectivity index (χ0v) is 13.9. The molecule has 0 amide bonds. The summed E-state index contributed by atoms with van der Waals surface area (Å²) in [4.78, 5) is 24.3. The van der Waals surface area contributed by atoms with E-state index in [1.54, 1.807) is 25.3 Å². The third kappa shape index (κ3) is 3.83. The van der Waals surface area contributed by atoms with E-state index in [-0.39, 0.29) is 12.2 Å². The van der Waals surface area contributed by atoms with E-state index in [1.165, 1.54) is 19.3 Å². The van der Waals surface area contributed by atoms with Gasteiger partial charge in [-0.1, -0.05) is 31.4 Å². The topological polar surface area (TPSA) is 60.4 Å². The van der Waals surface area contributed by atoms with Gasteiger partial charge in [-0.25, -0.2) is 4.79 Å². The van der Waals surface area contributed by atoms with E-state index in [1.807, 2.05) is 6.07 Å². The summed E-state index contributed by atoms with van der Waals surface area (Å²) in [5, 5.41) is 0. The normalized spacial score (nSPS) is 17.0. The fourth-order valence-corrected chi connectivity index (χ4v) is 3.85. The van der Waals surface area contributed by atoms with Gasteiger partial charge in [0.15, 0.2) is 0 Å². The van der Waals surface area contributed by atoms with E-state index in [4.69, 9.17) is 4.74 Å². The number of esters is 1. The van der Waals surface area contributed by atoms with Crippen molar-refractivity contribution in [3.05, 3.63) is 29.3 Å². The van der Waals surface area contributed by atoms with Crippen molar-refractivity contribution >= 4 is 22.6 Å². The first kappa shape index (κ1) is 16.9. The van der Waals surface area contributed by atoms with E-state index in [0.29, 0.717) is 10.8 Å². The predicted octanol–water partition coefficient (Wildman–Crippen LogP) is 3.22. The first-order chi connectivity index (χ1) is 10.5. The van der Waals surface area contributed by atoms with Crippen LogP contribution in [-0.2, 0) is 20.3 Å². The maximum absolute atomic E-state index is 12.1. The first-order valence-corrected chi connectivity index (χ1v) is 9.29. The van der Waals surface area contributed by atoms with Crippen LogP contribution in [-0.4, -0.2) is 28.8 Å². The van der Waals surface area contributed by atoms with Crippen LogP contribution in [0.15, 0.2) is 23.1 Å². The summed E-state index contributed by atoms with van der Waals surface area (Å²) in [5.41, 5.74) is 1.31. The average Bonchev–Trinajstić information content (AvgIpc) is 2.54. The third-order valence-corrected chi connectivity index (χ3v) is 5.06. The maximum atomic E-state index is 12.1. The molecule has 2 rings (SSSR count). The van der Waals surface area contributed by atoms with E-state index in [9.17, 15) is 13.8 Å². The van der Waals surface area contributed by atoms with Crippen molar-refractivity contribution in [1.82, 2.24) is 0 Å². The van der Waals surface area contributed by atoms with Crippen LogP contribution in [0.25, 0.3) is 0 Å². The molecule has 1 aliphatic rings. The molecule has 0 aliphatic heterocycles. The van der Waals surface area contributed by atoms with Gasteiger partial charge in [0.05, 0.1) is 17.4 Å². The Kier molecular flexibility index (Phi) is 5.89. The van der Waals surface area contributed by atoms with Gasteiger partial charge in [-0.15, -0.1) is 0 Å². The number of carbonyl (C=O) groups excluding carboxylic acids is 2. The molecule has 1 aromatic rings. The number of ether oxygens (including phenoxy) is 1. The van der Waals surface area contributed by atoms with E-state index in [2.05, 4.69) is 0 Å². The standard InChI is InChI=1S/C17H22O4S/c1-3-21-17(19)16(18)13-9-10-14(15(11-13)22(2)20)12-7-5-4-6-8-12/h9-12H,3-8H2,1-2H3. The Labute approximate surface area is 133 Å². The quantitative estimate of drug-likeness (QED) is 0.474. The molecule has 5 heteroatoms. The lowest BCUT2D eigenvalue weighted by atomic mass is 9.83. The molecule has 22 heavy (non-hydrogen) atoms. The van der Waals surface area contributed by atoms with Crippen LogP contribution in [0.5, 0.6) is 0 Å². The molecule has 1 atom stereocenters. The minimum absolute atomic E-state index is 0.164. The van der Waals surface area contributed by atoms with Crippen molar-refractivity contribution in [2.24, 2.45) is 0 Å². The SMILES string of the molecule is CCOC(=O)C(=O)c1ccc(C2CCCCC2)c(S(C)=O)c1. The first-order valence-electron chi connectivity index (χ1n) is 7.73. The molecule has 120 valence electrons. The molecule has 0 aromatic heterocycles. The number of hydrogen-bond donors (Lipinski definition) is 0. The summed E-state index contributed by atoms with van der Waals surface area (Å²) in [6, 6.07) is 5.11. The molecular formula is C17H22O4S. The number of hydrogen-bond acceptors (Lipinski definition) is 4. The molecule has 0 bridgehead atoms. The van der Waals surface area contributed by atoms with Gasteiger partial charge in [-0.05, 0) is 37.3 Å². The second kappa shape index (κ2) is 7.68. The maximum Gasteiger partial charge on any atom is 0.379 e. The van der Waals surface area contributed by atoms with Gasteiger partial charge >= 0.3 is 5.97 Å². The monoisotopic (exact) mass is 322 g/mol. The smallest absolute Gasteiger partial charge is 0.379 e. The highest BCUT2D eigenvalue weighted by Gasteiger charge is 2.23. The Morgan fingerprint density at radius 2 is 1.91 bits per heavy atom. The number of carbonyl (C=O) groups is 2. The van der Waals surface area contributed by atoms with Crippen molar-refractivity contribution in [2.45, 2.75) is 49.8 Å². The Morgan fingerprint density at radius 3 is 2.50 bits per heavy atom. The second-order valence-electron chi connectivity index (χ2n) is 5.59. The van der Waals surface area contributed by atoms with Crippen LogP contribution in [0.2, 0.25) is 0 Å². The Bertz CT molecular complexity index is 588. The molecule has 0 spiro atoms. The van der Waals surface area contributed by atoms with Crippen LogP contribution in [0, 0.1) is 0 Å². The number of ketones is 1. The van der Waals surface area contributed by atoms with Crippen LogP contribution in [0.3, 0.4) is 0 Å². The van der Waals surface area contributed by atoms with Gasteiger partial charge < -0.3 is 4.74 Å². The summed E-state index contributed by atoms with van der Waals surface area (Å²) >= 11 is 0. The Balaban J connectivity index is 2.32. The molecule has 1 unspecified atom stereocenters. The van der Waals surface area contributed by atoms with Gasteiger partial charge in [0, 0.05) is 16.7 Å². The second-order valence-corrected chi connectivity index (χ2v) is 6.94. The number of benzene rings is 1. The fourth-order valence-electron chi connectivity index (χ4n) is 2.99. The van der Waals surface area contributed by atoms with Crippen LogP contribution in [0.1, 0.15) is 60.9 Å². The molecule has 1 fully saturated rings. The summed E-state index contributed by atoms with van der Waals surface area (Å²) in [6.45, 7) is 1.82. The highest BCUT2D eigenvalue weighted by atomic mass is 32.2. The van der Waals surface area contributed by atoms with Crippen molar-refractivity contribution in [2.75, 3.05) is 12.9 Å². The van der Waals surface area contributed by atoms with Crippen LogP contribution in [0.4, 0.5) is 0 Å². The van der Waals surface area contributed by atoms with Crippen LogP contribution < -0.4 is 0 Å². The van der Waals surface area contributed by atoms with E-state index < -0.39 is 22.6 Å². The Hall–Kier alpha value is -1.49. The zero-order valence-electron chi connectivity index (χ0n) is 13.1. The Morgan fingerprint density at radius 1 is 1.23 bits per heavy atom. The third-order valence-electron chi connectivity index (χ3n) is 4.09. The predicted molar refractivity (Wildman–Crippen MR) is 85.6 cm³/mol. The van der Waals surface area contributed by atoms with Gasteiger partial charge in [0.1, 0.15) is 0 Å². The minimum Gasteiger partial charge on any atom is -0.460 e. The lowest BCUT2D eigenvalue weighted by Gasteiger charge is -2.24. The van der Waals surface area contributed by atoms with Crippen molar-refractivity contribution in [1.29, 1.82) is 0 Å². The summed E-state index contributed by atoms with van der Waals surface area (Å²) < 4.78 is 16.8. The van der Waals surface area contributed by atoms with Crippen LogP contribution >= 0.6 is 0 Å². The lowest BCUT2D eigenvalue weighted by Crippen LogP contribution is -2.18. The zero-order chi connectivity index (χ0) is 16.1. The highest BCUT2D eigenvalue weighted by Crippen LogP contribution is 2.35.